The predicted octanol–water partition coefficient (Wildman–Crippen LogP) is 3.82. The zero-order chi connectivity index (χ0) is 17.6. The Balaban J connectivity index is 1.72. The van der Waals surface area contributed by atoms with E-state index >= 15 is 0 Å². The number of anilines is 1. The SMILES string of the molecule is COc1cc(CNc2nn[nH]n2)cc(Br)c1OCc1cccc(Cl)c1. The van der Waals surface area contributed by atoms with Crippen LogP contribution in [0.4, 0.5) is 5.95 Å². The second kappa shape index (κ2) is 8.17. The minimum absolute atomic E-state index is 0.385. The molecule has 0 saturated heterocycles. The topological polar surface area (TPSA) is 85.0 Å². The first-order valence-electron chi connectivity index (χ1n) is 7.36. The largest absolute Gasteiger partial charge is 0.493 e. The fraction of sp³-hybridized carbons (Fsp3) is 0.188. The smallest absolute Gasteiger partial charge is 0.263 e. The van der Waals surface area contributed by atoms with E-state index in [4.69, 9.17) is 21.1 Å². The molecule has 0 aliphatic rings. The first-order valence-corrected chi connectivity index (χ1v) is 8.54. The third kappa shape index (κ3) is 4.61. The molecule has 0 radical (unpaired) electrons. The predicted molar refractivity (Wildman–Crippen MR) is 98.0 cm³/mol. The highest BCUT2D eigenvalue weighted by atomic mass is 79.9. The van der Waals surface area contributed by atoms with E-state index in [-0.39, 0.29) is 0 Å². The lowest BCUT2D eigenvalue weighted by Crippen LogP contribution is -2.03. The number of rotatable bonds is 7. The first kappa shape index (κ1) is 17.5. The molecule has 3 aromatic rings. The molecule has 7 nitrogen and oxygen atoms in total. The molecule has 9 heteroatoms. The van der Waals surface area contributed by atoms with Gasteiger partial charge in [0.25, 0.3) is 5.95 Å². The number of tetrazole rings is 1. The van der Waals surface area contributed by atoms with Gasteiger partial charge in [0.15, 0.2) is 11.5 Å². The molecule has 1 heterocycles. The van der Waals surface area contributed by atoms with Gasteiger partial charge in [0.05, 0.1) is 11.6 Å². The maximum Gasteiger partial charge on any atom is 0.263 e. The van der Waals surface area contributed by atoms with Crippen LogP contribution in [0, 0.1) is 0 Å². The number of nitrogens with one attached hydrogen (secondary N) is 2. The van der Waals surface area contributed by atoms with Gasteiger partial charge in [-0.25, -0.2) is 0 Å². The van der Waals surface area contributed by atoms with Crippen molar-refractivity contribution in [1.82, 2.24) is 20.6 Å². The fourth-order valence-electron chi connectivity index (χ4n) is 2.22. The quantitative estimate of drug-likeness (QED) is 0.600. The molecule has 25 heavy (non-hydrogen) atoms. The molecule has 0 aliphatic heterocycles. The lowest BCUT2D eigenvalue weighted by Gasteiger charge is -2.15. The van der Waals surface area contributed by atoms with Crippen LogP contribution < -0.4 is 14.8 Å². The summed E-state index contributed by atoms with van der Waals surface area (Å²) < 4.78 is 12.2. The molecule has 3 rings (SSSR count). The van der Waals surface area contributed by atoms with Gasteiger partial charge in [-0.2, -0.15) is 5.21 Å². The zero-order valence-corrected chi connectivity index (χ0v) is 15.6. The number of benzene rings is 2. The molecule has 0 amide bonds. The highest BCUT2D eigenvalue weighted by molar-refractivity contribution is 9.10. The van der Waals surface area contributed by atoms with Crippen molar-refractivity contribution in [2.75, 3.05) is 12.4 Å². The lowest BCUT2D eigenvalue weighted by molar-refractivity contribution is 0.282. The maximum absolute atomic E-state index is 6.00. The minimum Gasteiger partial charge on any atom is -0.493 e. The van der Waals surface area contributed by atoms with E-state index < -0.39 is 0 Å². The number of ether oxygens (including phenoxy) is 2. The Labute approximate surface area is 157 Å². The van der Waals surface area contributed by atoms with E-state index in [1.165, 1.54) is 0 Å². The first-order chi connectivity index (χ1) is 12.2. The molecule has 0 saturated carbocycles. The Morgan fingerprint density at radius 3 is 2.84 bits per heavy atom. The van der Waals surface area contributed by atoms with Crippen LogP contribution >= 0.6 is 27.5 Å². The third-order valence-corrected chi connectivity index (χ3v) is 4.18. The van der Waals surface area contributed by atoms with E-state index in [1.54, 1.807) is 7.11 Å². The van der Waals surface area contributed by atoms with Crippen molar-refractivity contribution in [3.63, 3.8) is 0 Å². The number of aromatic amines is 1. The normalized spacial score (nSPS) is 10.5. The van der Waals surface area contributed by atoms with Crippen LogP contribution in [-0.4, -0.2) is 27.7 Å². The molecule has 0 spiro atoms. The van der Waals surface area contributed by atoms with Crippen molar-refractivity contribution in [2.24, 2.45) is 0 Å². The van der Waals surface area contributed by atoms with Gasteiger partial charge >= 0.3 is 0 Å². The van der Waals surface area contributed by atoms with Gasteiger partial charge in [0.2, 0.25) is 0 Å². The van der Waals surface area contributed by atoms with Crippen LogP contribution in [0.2, 0.25) is 5.02 Å². The Morgan fingerprint density at radius 2 is 2.12 bits per heavy atom. The second-order valence-corrected chi connectivity index (χ2v) is 6.41. The Bertz CT molecular complexity index is 845. The summed E-state index contributed by atoms with van der Waals surface area (Å²) in [7, 11) is 1.60. The van der Waals surface area contributed by atoms with Crippen LogP contribution in [0.5, 0.6) is 11.5 Å². The highest BCUT2D eigenvalue weighted by Crippen LogP contribution is 2.37. The molecule has 130 valence electrons. The third-order valence-electron chi connectivity index (χ3n) is 3.36. The van der Waals surface area contributed by atoms with Crippen LogP contribution in [0.25, 0.3) is 0 Å². The number of aromatic nitrogens is 4. The summed E-state index contributed by atoms with van der Waals surface area (Å²) in [5, 5.41) is 17.3. The molecular formula is C16H15BrClN5O2. The average molecular weight is 425 g/mol. The molecule has 0 fully saturated rings. The van der Waals surface area contributed by atoms with Crippen molar-refractivity contribution < 1.29 is 9.47 Å². The molecule has 0 aliphatic carbocycles. The molecule has 2 aromatic carbocycles. The maximum atomic E-state index is 6.00. The standard InChI is InChI=1S/C16H15BrClN5O2/c1-24-14-7-11(8-19-16-20-22-23-21-16)6-13(17)15(14)25-9-10-3-2-4-12(18)5-10/h2-7H,8-9H2,1H3,(H2,19,20,21,22,23). The van der Waals surface area contributed by atoms with E-state index in [1.807, 2.05) is 36.4 Å². The van der Waals surface area contributed by atoms with Crippen molar-refractivity contribution in [2.45, 2.75) is 13.2 Å². The van der Waals surface area contributed by atoms with Crippen LogP contribution in [0.15, 0.2) is 40.9 Å². The molecule has 2 N–H and O–H groups in total. The fourth-order valence-corrected chi connectivity index (χ4v) is 3.03. The summed E-state index contributed by atoms with van der Waals surface area (Å²) in [5.74, 6) is 1.68. The molecule has 0 atom stereocenters. The van der Waals surface area contributed by atoms with Crippen molar-refractivity contribution in [3.05, 3.63) is 57.0 Å². The number of hydrogen-bond acceptors (Lipinski definition) is 6. The van der Waals surface area contributed by atoms with Crippen molar-refractivity contribution in [1.29, 1.82) is 0 Å². The molecule has 0 bridgehead atoms. The number of methoxy groups -OCH3 is 1. The van der Waals surface area contributed by atoms with Crippen LogP contribution in [0.1, 0.15) is 11.1 Å². The Morgan fingerprint density at radius 1 is 1.24 bits per heavy atom. The van der Waals surface area contributed by atoms with E-state index in [9.17, 15) is 0 Å². The second-order valence-electron chi connectivity index (χ2n) is 5.12. The Kier molecular flexibility index (Phi) is 5.72. The summed E-state index contributed by atoms with van der Waals surface area (Å²) in [4.78, 5) is 0. The molecular weight excluding hydrogens is 410 g/mol. The van der Waals surface area contributed by atoms with Gasteiger partial charge in [0, 0.05) is 11.6 Å². The van der Waals surface area contributed by atoms with Gasteiger partial charge in [-0.05, 0) is 56.5 Å². The van der Waals surface area contributed by atoms with Gasteiger partial charge in [-0.15, -0.1) is 5.10 Å². The van der Waals surface area contributed by atoms with Crippen LogP contribution in [0.3, 0.4) is 0 Å². The van der Waals surface area contributed by atoms with Gasteiger partial charge in [0.1, 0.15) is 6.61 Å². The number of H-pyrrole nitrogens is 1. The number of nitrogens with zero attached hydrogens (tertiary/aromatic N) is 3. The van der Waals surface area contributed by atoms with E-state index in [0.717, 1.165) is 15.6 Å². The van der Waals surface area contributed by atoms with Gasteiger partial charge in [-0.3, -0.25) is 0 Å². The molecule has 0 unspecified atom stereocenters. The van der Waals surface area contributed by atoms with Gasteiger partial charge < -0.3 is 14.8 Å². The summed E-state index contributed by atoms with van der Waals surface area (Å²) in [6.45, 7) is 0.902. The number of hydrogen-bond donors (Lipinski definition) is 2. The summed E-state index contributed by atoms with van der Waals surface area (Å²) in [5.41, 5.74) is 1.95. The minimum atomic E-state index is 0.385. The average Bonchev–Trinajstić information content (AvgIpc) is 3.12. The monoisotopic (exact) mass is 423 g/mol. The van der Waals surface area contributed by atoms with E-state index in [2.05, 4.69) is 41.9 Å². The van der Waals surface area contributed by atoms with Crippen molar-refractivity contribution in [3.8, 4) is 11.5 Å². The van der Waals surface area contributed by atoms with Crippen LogP contribution in [-0.2, 0) is 13.2 Å². The highest BCUT2D eigenvalue weighted by Gasteiger charge is 2.12. The lowest BCUT2D eigenvalue weighted by atomic mass is 10.2. The number of halogens is 2. The zero-order valence-electron chi connectivity index (χ0n) is 13.3. The van der Waals surface area contributed by atoms with Gasteiger partial charge in [-0.1, -0.05) is 28.8 Å². The van der Waals surface area contributed by atoms with Crippen molar-refractivity contribution >= 4 is 33.5 Å². The molecule has 1 aromatic heterocycles. The summed E-state index contributed by atoms with van der Waals surface area (Å²) in [6, 6.07) is 11.4. The Hall–Kier alpha value is -2.32. The van der Waals surface area contributed by atoms with E-state index in [0.29, 0.717) is 35.6 Å². The summed E-state index contributed by atoms with van der Waals surface area (Å²) >= 11 is 9.54. The summed E-state index contributed by atoms with van der Waals surface area (Å²) in [6.07, 6.45) is 0.